The minimum absolute atomic E-state index is 0.565. The van der Waals surface area contributed by atoms with Gasteiger partial charge in [0.25, 0.3) is 0 Å². The summed E-state index contributed by atoms with van der Waals surface area (Å²) in [5, 5.41) is 9.73. The monoisotopic (exact) mass is 832 g/mol. The number of hydrogen-bond donors (Lipinski definition) is 0. The molecule has 298 valence electrons. The third-order valence-corrected chi connectivity index (χ3v) is 13.8. The summed E-state index contributed by atoms with van der Waals surface area (Å²) < 4.78 is 4.85. The number of rotatable bonds is 6. The van der Waals surface area contributed by atoms with Crippen LogP contribution in [0.2, 0.25) is 0 Å². The Morgan fingerprint density at radius 2 is 0.859 bits per heavy atom. The lowest BCUT2D eigenvalue weighted by Gasteiger charge is -2.14. The van der Waals surface area contributed by atoms with Gasteiger partial charge in [-0.2, -0.15) is 9.97 Å². The Kier molecular flexibility index (Phi) is 8.36. The molecule has 5 heteroatoms. The molecule has 13 aromatic rings. The lowest BCUT2D eigenvalue weighted by atomic mass is 9.98. The highest BCUT2D eigenvalue weighted by molar-refractivity contribution is 7.26. The molecule has 0 spiro atoms. The fraction of sp³-hybridized carbons (Fsp3) is 0. The molecule has 64 heavy (non-hydrogen) atoms. The van der Waals surface area contributed by atoms with Gasteiger partial charge in [-0.25, -0.2) is 4.98 Å². The molecule has 0 saturated heterocycles. The number of hydrogen-bond acceptors (Lipinski definition) is 4. The summed E-state index contributed by atoms with van der Waals surface area (Å²) in [5.41, 5.74) is 10.8. The van der Waals surface area contributed by atoms with Crippen molar-refractivity contribution in [3.8, 4) is 62.1 Å². The molecule has 0 unspecified atom stereocenters. The summed E-state index contributed by atoms with van der Waals surface area (Å²) in [5.74, 6) is 1.78. The van der Waals surface area contributed by atoms with E-state index >= 15 is 0 Å². The van der Waals surface area contributed by atoms with Crippen LogP contribution >= 0.6 is 11.3 Å². The van der Waals surface area contributed by atoms with E-state index in [0.29, 0.717) is 17.6 Å². The maximum absolute atomic E-state index is 5.41. The van der Waals surface area contributed by atoms with E-state index in [4.69, 9.17) is 15.0 Å². The minimum atomic E-state index is 0.565. The summed E-state index contributed by atoms with van der Waals surface area (Å²) in [6, 6.07) is 78.1. The zero-order chi connectivity index (χ0) is 42.1. The van der Waals surface area contributed by atoms with Gasteiger partial charge in [0.1, 0.15) is 0 Å². The molecule has 0 saturated carbocycles. The average molecular weight is 833 g/mol. The summed E-state index contributed by atoms with van der Waals surface area (Å²) in [7, 11) is 0. The highest BCUT2D eigenvalue weighted by atomic mass is 32.1. The second-order valence-electron chi connectivity index (χ2n) is 16.4. The van der Waals surface area contributed by atoms with E-state index < -0.39 is 0 Å². The maximum atomic E-state index is 5.41. The zero-order valence-electron chi connectivity index (χ0n) is 34.5. The van der Waals surface area contributed by atoms with Gasteiger partial charge in [0.05, 0.1) is 11.0 Å². The second kappa shape index (κ2) is 14.7. The molecule has 0 radical (unpaired) electrons. The van der Waals surface area contributed by atoms with Gasteiger partial charge in [0.2, 0.25) is 5.95 Å². The van der Waals surface area contributed by atoms with Crippen LogP contribution in [0.3, 0.4) is 0 Å². The van der Waals surface area contributed by atoms with E-state index in [1.54, 1.807) is 0 Å². The second-order valence-corrected chi connectivity index (χ2v) is 17.5. The van der Waals surface area contributed by atoms with Crippen molar-refractivity contribution in [1.29, 1.82) is 0 Å². The Morgan fingerprint density at radius 3 is 1.53 bits per heavy atom. The van der Waals surface area contributed by atoms with Gasteiger partial charge in [-0.15, -0.1) is 11.3 Å². The minimum Gasteiger partial charge on any atom is -0.277 e. The lowest BCUT2D eigenvalue weighted by Crippen LogP contribution is -2.07. The van der Waals surface area contributed by atoms with Crippen LogP contribution in [0, 0.1) is 0 Å². The molecular formula is C59H36N4S. The number of fused-ring (bicyclic) bond motifs is 9. The zero-order valence-corrected chi connectivity index (χ0v) is 35.3. The van der Waals surface area contributed by atoms with Gasteiger partial charge >= 0.3 is 0 Å². The van der Waals surface area contributed by atoms with Crippen molar-refractivity contribution in [1.82, 2.24) is 19.5 Å². The van der Waals surface area contributed by atoms with Crippen LogP contribution in [-0.2, 0) is 0 Å². The van der Waals surface area contributed by atoms with Crippen LogP contribution in [0.15, 0.2) is 218 Å². The molecule has 0 aliphatic heterocycles. The smallest absolute Gasteiger partial charge is 0.238 e. The quantitative estimate of drug-likeness (QED) is 0.168. The molecule has 4 nitrogen and oxygen atoms in total. The van der Waals surface area contributed by atoms with E-state index in [9.17, 15) is 0 Å². The Hall–Kier alpha value is -8.25. The molecule has 0 bridgehead atoms. The first-order valence-corrected chi connectivity index (χ1v) is 22.4. The fourth-order valence-corrected chi connectivity index (χ4v) is 10.6. The molecule has 0 aliphatic carbocycles. The van der Waals surface area contributed by atoms with E-state index in [2.05, 4.69) is 211 Å². The SMILES string of the molecule is c1ccc(-c2ccc(-c3nc(-c4ccc(-c5ccccc5)cc4)nc(-n4c5cc6ccccc6cc5c5cccc(-c6ccc7sc8ccc9ccccc9c8c7c6)c54)n3)cc2)cc1. The van der Waals surface area contributed by atoms with E-state index in [-0.39, 0.29) is 0 Å². The van der Waals surface area contributed by atoms with Crippen LogP contribution in [0.1, 0.15) is 0 Å². The highest BCUT2D eigenvalue weighted by Gasteiger charge is 2.22. The predicted molar refractivity (Wildman–Crippen MR) is 269 cm³/mol. The molecule has 0 aliphatic rings. The molecular weight excluding hydrogens is 797 g/mol. The number of benzene rings is 10. The largest absolute Gasteiger partial charge is 0.277 e. The van der Waals surface area contributed by atoms with Crippen molar-refractivity contribution in [2.75, 3.05) is 0 Å². The first kappa shape index (κ1) is 36.4. The maximum Gasteiger partial charge on any atom is 0.238 e. The van der Waals surface area contributed by atoms with Gasteiger partial charge in [-0.1, -0.05) is 188 Å². The van der Waals surface area contributed by atoms with Crippen molar-refractivity contribution < 1.29 is 0 Å². The summed E-state index contributed by atoms with van der Waals surface area (Å²) >= 11 is 1.85. The van der Waals surface area contributed by atoms with Crippen LogP contribution in [0.5, 0.6) is 0 Å². The summed E-state index contributed by atoms with van der Waals surface area (Å²) in [6.45, 7) is 0. The molecule has 3 aromatic heterocycles. The Bertz CT molecular complexity index is 3830. The number of para-hydroxylation sites is 1. The van der Waals surface area contributed by atoms with Crippen molar-refractivity contribution >= 4 is 74.9 Å². The van der Waals surface area contributed by atoms with Crippen molar-refractivity contribution in [3.63, 3.8) is 0 Å². The first-order valence-electron chi connectivity index (χ1n) is 21.6. The van der Waals surface area contributed by atoms with Crippen LogP contribution in [0.4, 0.5) is 0 Å². The Balaban J connectivity index is 1.07. The standard InChI is InChI=1S/C59H36N4S/c1-3-12-37(13-4-1)39-22-26-42(27-23-39)57-60-58(43-28-24-40(25-29-43)38-14-5-2-6-15-38)62-59(61-57)63-52-36-45-18-8-7-17-44(45)34-50(52)49-21-11-20-48(56(49)63)46-31-32-53-51(35-46)55-47-19-10-9-16-41(47)30-33-54(55)64-53/h1-36H. The average Bonchev–Trinajstić information content (AvgIpc) is 3.91. The third-order valence-electron chi connectivity index (χ3n) is 12.6. The van der Waals surface area contributed by atoms with Gasteiger partial charge < -0.3 is 0 Å². The van der Waals surface area contributed by atoms with Gasteiger partial charge in [-0.05, 0) is 79.7 Å². The van der Waals surface area contributed by atoms with Crippen LogP contribution in [-0.4, -0.2) is 19.5 Å². The highest BCUT2D eigenvalue weighted by Crippen LogP contribution is 2.44. The lowest BCUT2D eigenvalue weighted by molar-refractivity contribution is 0.954. The molecule has 13 rings (SSSR count). The molecule has 0 amide bonds. The number of thiophene rings is 1. The number of aromatic nitrogens is 4. The molecule has 10 aromatic carbocycles. The molecule has 0 N–H and O–H groups in total. The van der Waals surface area contributed by atoms with Gasteiger partial charge in [0.15, 0.2) is 11.6 Å². The van der Waals surface area contributed by atoms with E-state index in [1.807, 2.05) is 23.5 Å². The fourth-order valence-electron chi connectivity index (χ4n) is 9.51. The first-order chi connectivity index (χ1) is 31.7. The van der Waals surface area contributed by atoms with Crippen molar-refractivity contribution in [2.45, 2.75) is 0 Å². The van der Waals surface area contributed by atoms with Crippen molar-refractivity contribution in [2.24, 2.45) is 0 Å². The molecule has 0 atom stereocenters. The van der Waals surface area contributed by atoms with Gasteiger partial charge in [0, 0.05) is 47.6 Å². The Labute approximate surface area is 373 Å². The summed E-state index contributed by atoms with van der Waals surface area (Å²) in [6.07, 6.45) is 0. The normalized spacial score (nSPS) is 11.8. The van der Waals surface area contributed by atoms with Crippen molar-refractivity contribution in [3.05, 3.63) is 218 Å². The van der Waals surface area contributed by atoms with E-state index in [0.717, 1.165) is 71.7 Å². The Morgan fingerprint density at radius 1 is 0.328 bits per heavy atom. The number of nitrogens with zero attached hydrogens (tertiary/aromatic N) is 4. The van der Waals surface area contributed by atoms with Crippen LogP contribution in [0.25, 0.3) is 126 Å². The topological polar surface area (TPSA) is 43.6 Å². The summed E-state index contributed by atoms with van der Waals surface area (Å²) in [4.78, 5) is 16.1. The van der Waals surface area contributed by atoms with Gasteiger partial charge in [-0.3, -0.25) is 4.57 Å². The molecule has 3 heterocycles. The van der Waals surface area contributed by atoms with Crippen LogP contribution < -0.4 is 0 Å². The predicted octanol–water partition coefficient (Wildman–Crippen LogP) is 16.0. The molecule has 0 fully saturated rings. The van der Waals surface area contributed by atoms with E-state index in [1.165, 1.54) is 36.3 Å². The third kappa shape index (κ3) is 6.01.